The third-order valence-corrected chi connectivity index (χ3v) is 4.93. The van der Waals surface area contributed by atoms with Crippen LogP contribution in [-0.4, -0.2) is 37.5 Å². The van der Waals surface area contributed by atoms with Crippen LogP contribution >= 0.6 is 0 Å². The molecule has 0 radical (unpaired) electrons. The molecule has 0 unspecified atom stereocenters. The van der Waals surface area contributed by atoms with E-state index >= 15 is 0 Å². The number of amides is 1. The van der Waals surface area contributed by atoms with Crippen molar-refractivity contribution in [2.75, 3.05) is 6.61 Å². The summed E-state index contributed by atoms with van der Waals surface area (Å²) in [7, 11) is 1.94. The summed E-state index contributed by atoms with van der Waals surface area (Å²) in [6.07, 6.45) is 1.90. The molecular weight excluding hydrogens is 412 g/mol. The molecule has 0 saturated carbocycles. The smallest absolute Gasteiger partial charge is 0.283 e. The van der Waals surface area contributed by atoms with Crippen molar-refractivity contribution in [3.05, 3.63) is 51.1 Å². The predicted molar refractivity (Wildman–Crippen MR) is 122 cm³/mol. The molecule has 176 valence electrons. The summed E-state index contributed by atoms with van der Waals surface area (Å²) in [5.41, 5.74) is -0.0585. The molecular formula is C23H34N4O5. The number of hydrogen-bond acceptors (Lipinski definition) is 5. The second-order valence-corrected chi connectivity index (χ2v) is 9.59. The number of ether oxygens (including phenoxy) is 1. The molecule has 0 aliphatic carbocycles. The molecule has 1 aromatic heterocycles. The number of benzene rings is 1. The van der Waals surface area contributed by atoms with Crippen molar-refractivity contribution in [1.82, 2.24) is 9.36 Å². The van der Waals surface area contributed by atoms with Crippen LogP contribution < -0.4 is 10.2 Å². The molecule has 1 amide bonds. The molecule has 0 aliphatic rings. The Kier molecular flexibility index (Phi) is 7.66. The standard InChI is InChI=1S/C23H34N4O5/c1-8-9-12-26-20(14-19(25(26)7)22(2,3)4)24-21(28)17-13-16(27(30)31)10-11-18(17)32-15-23(5,6)29/h10-11,13-14,29H,8-9,12,15H2,1-7H3. The fourth-order valence-electron chi connectivity index (χ4n) is 3.28. The van der Waals surface area contributed by atoms with Crippen LogP contribution in [0.15, 0.2) is 29.3 Å². The first kappa shape index (κ1) is 25.3. The van der Waals surface area contributed by atoms with Crippen LogP contribution in [0.2, 0.25) is 0 Å². The van der Waals surface area contributed by atoms with Crippen LogP contribution in [0, 0.1) is 10.1 Å². The van der Waals surface area contributed by atoms with Gasteiger partial charge in [-0.15, -0.1) is 0 Å². The Morgan fingerprint density at radius 1 is 1.22 bits per heavy atom. The number of unbranched alkanes of at least 4 members (excludes halogenated alkanes) is 1. The third kappa shape index (κ3) is 6.29. The molecule has 0 saturated heterocycles. The van der Waals surface area contributed by atoms with Crippen molar-refractivity contribution >= 4 is 11.6 Å². The summed E-state index contributed by atoms with van der Waals surface area (Å²) >= 11 is 0. The maximum Gasteiger partial charge on any atom is 0.283 e. The van der Waals surface area contributed by atoms with Crippen LogP contribution in [0.1, 0.15) is 70.4 Å². The maximum absolute atomic E-state index is 13.2. The van der Waals surface area contributed by atoms with Gasteiger partial charge in [-0.2, -0.15) is 4.99 Å². The number of non-ortho nitro benzene ring substituents is 1. The van der Waals surface area contributed by atoms with Gasteiger partial charge in [0.15, 0.2) is 5.49 Å². The maximum atomic E-state index is 13.2. The van der Waals surface area contributed by atoms with Crippen molar-refractivity contribution < 1.29 is 19.6 Å². The van der Waals surface area contributed by atoms with E-state index in [0.717, 1.165) is 24.6 Å². The number of nitro groups is 1. The summed E-state index contributed by atoms with van der Waals surface area (Å²) < 4.78 is 9.55. The SMILES string of the molecule is CCCCn1c(=NC(=O)c2cc([N+](=O)[O-])ccc2OCC(C)(C)O)cc(C(C)(C)C)n1C. The summed E-state index contributed by atoms with van der Waals surface area (Å²) in [5.74, 6) is -0.505. The van der Waals surface area contributed by atoms with E-state index in [1.165, 1.54) is 12.1 Å². The highest BCUT2D eigenvalue weighted by molar-refractivity contribution is 5.98. The van der Waals surface area contributed by atoms with Gasteiger partial charge < -0.3 is 9.84 Å². The second-order valence-electron chi connectivity index (χ2n) is 9.59. The Labute approximate surface area is 188 Å². The first-order chi connectivity index (χ1) is 14.7. The molecule has 1 heterocycles. The Morgan fingerprint density at radius 3 is 2.41 bits per heavy atom. The molecule has 32 heavy (non-hydrogen) atoms. The van der Waals surface area contributed by atoms with Crippen LogP contribution in [0.25, 0.3) is 0 Å². The summed E-state index contributed by atoms with van der Waals surface area (Å²) in [5, 5.41) is 21.2. The largest absolute Gasteiger partial charge is 0.490 e. The lowest BCUT2D eigenvalue weighted by molar-refractivity contribution is -0.384. The average molecular weight is 447 g/mol. The minimum Gasteiger partial charge on any atom is -0.490 e. The van der Waals surface area contributed by atoms with E-state index in [0.29, 0.717) is 12.0 Å². The molecule has 9 nitrogen and oxygen atoms in total. The van der Waals surface area contributed by atoms with Gasteiger partial charge in [-0.05, 0) is 26.3 Å². The number of carbonyl (C=O) groups excluding carboxylic acids is 1. The normalized spacial score (nSPS) is 12.8. The fraction of sp³-hybridized carbons (Fsp3) is 0.565. The van der Waals surface area contributed by atoms with Crippen LogP contribution in [-0.2, 0) is 19.0 Å². The fourth-order valence-corrected chi connectivity index (χ4v) is 3.28. The van der Waals surface area contributed by atoms with Crippen molar-refractivity contribution in [3.63, 3.8) is 0 Å². The number of nitrogens with zero attached hydrogens (tertiary/aromatic N) is 4. The molecule has 0 atom stereocenters. The van der Waals surface area contributed by atoms with Gasteiger partial charge in [0.1, 0.15) is 12.4 Å². The zero-order valence-electron chi connectivity index (χ0n) is 20.0. The monoisotopic (exact) mass is 446 g/mol. The van der Waals surface area contributed by atoms with Crippen molar-refractivity contribution in [2.45, 2.75) is 71.9 Å². The van der Waals surface area contributed by atoms with Gasteiger partial charge in [0.25, 0.3) is 11.6 Å². The van der Waals surface area contributed by atoms with Gasteiger partial charge in [-0.1, -0.05) is 34.1 Å². The third-order valence-electron chi connectivity index (χ3n) is 4.93. The number of carbonyl (C=O) groups is 1. The minimum absolute atomic E-state index is 0.0216. The molecule has 2 aromatic rings. The first-order valence-corrected chi connectivity index (χ1v) is 10.7. The quantitative estimate of drug-likeness (QED) is 0.491. The Bertz CT molecular complexity index is 1050. The number of aliphatic hydroxyl groups is 1. The molecule has 2 rings (SSSR count). The van der Waals surface area contributed by atoms with Crippen molar-refractivity contribution in [1.29, 1.82) is 0 Å². The van der Waals surface area contributed by atoms with Gasteiger partial charge in [-0.3, -0.25) is 24.3 Å². The molecule has 9 heteroatoms. The Hall–Kier alpha value is -2.94. The number of rotatable bonds is 8. The van der Waals surface area contributed by atoms with E-state index in [9.17, 15) is 20.0 Å². The topological polar surface area (TPSA) is 112 Å². The lowest BCUT2D eigenvalue weighted by atomic mass is 9.92. The van der Waals surface area contributed by atoms with Gasteiger partial charge in [0.05, 0.1) is 16.1 Å². The number of aromatic nitrogens is 2. The molecule has 1 N–H and O–H groups in total. The number of hydrogen-bond donors (Lipinski definition) is 1. The first-order valence-electron chi connectivity index (χ1n) is 10.7. The lowest BCUT2D eigenvalue weighted by Crippen LogP contribution is -2.28. The summed E-state index contributed by atoms with van der Waals surface area (Å²) in [6, 6.07) is 5.67. The zero-order valence-corrected chi connectivity index (χ0v) is 20.0. The Balaban J connectivity index is 2.61. The highest BCUT2D eigenvalue weighted by Gasteiger charge is 2.23. The minimum atomic E-state index is -1.14. The average Bonchev–Trinajstić information content (AvgIpc) is 2.99. The van der Waals surface area contributed by atoms with E-state index in [-0.39, 0.29) is 29.0 Å². The molecule has 0 fully saturated rings. The van der Waals surface area contributed by atoms with Crippen LogP contribution in [0.3, 0.4) is 0 Å². The molecule has 0 spiro atoms. The van der Waals surface area contributed by atoms with Gasteiger partial charge in [0, 0.05) is 42.9 Å². The van der Waals surface area contributed by atoms with Gasteiger partial charge in [0.2, 0.25) is 0 Å². The van der Waals surface area contributed by atoms with E-state index in [1.54, 1.807) is 13.8 Å². The van der Waals surface area contributed by atoms with Gasteiger partial charge >= 0.3 is 0 Å². The van der Waals surface area contributed by atoms with E-state index in [4.69, 9.17) is 4.74 Å². The van der Waals surface area contributed by atoms with Crippen molar-refractivity contribution in [2.24, 2.45) is 12.0 Å². The summed E-state index contributed by atoms with van der Waals surface area (Å²) in [4.78, 5) is 28.2. The van der Waals surface area contributed by atoms with E-state index in [2.05, 4.69) is 32.7 Å². The van der Waals surface area contributed by atoms with Crippen LogP contribution in [0.5, 0.6) is 5.75 Å². The molecule has 0 aliphatic heterocycles. The van der Waals surface area contributed by atoms with Gasteiger partial charge in [-0.25, -0.2) is 0 Å². The highest BCUT2D eigenvalue weighted by Crippen LogP contribution is 2.26. The molecule has 0 bridgehead atoms. The Morgan fingerprint density at radius 2 is 1.88 bits per heavy atom. The van der Waals surface area contributed by atoms with E-state index < -0.39 is 16.4 Å². The number of nitro benzene ring substituents is 1. The predicted octanol–water partition coefficient (Wildman–Crippen LogP) is 3.72. The zero-order chi connectivity index (χ0) is 24.3. The molecule has 1 aromatic carbocycles. The van der Waals surface area contributed by atoms with Crippen LogP contribution in [0.4, 0.5) is 5.69 Å². The lowest BCUT2D eigenvalue weighted by Gasteiger charge is -2.20. The summed E-state index contributed by atoms with van der Waals surface area (Å²) in [6.45, 7) is 12.1. The van der Waals surface area contributed by atoms with E-state index in [1.807, 2.05) is 22.5 Å². The highest BCUT2D eigenvalue weighted by atomic mass is 16.6. The van der Waals surface area contributed by atoms with Crippen molar-refractivity contribution in [3.8, 4) is 5.75 Å². The second kappa shape index (κ2) is 9.68.